The molecule has 0 saturated carbocycles. The smallest absolute Gasteiger partial charge is 0.295 e. The molecule has 0 spiro atoms. The van der Waals surface area contributed by atoms with Gasteiger partial charge in [-0.15, -0.1) is 0 Å². The number of amides is 1. The van der Waals surface area contributed by atoms with E-state index in [1.165, 1.54) is 12.0 Å². The number of pyridine rings is 1. The highest BCUT2D eigenvalue weighted by molar-refractivity contribution is 6.46. The highest BCUT2D eigenvalue weighted by Crippen LogP contribution is 2.43. The standard InChI is InChI=1S/C29H27N3O5/c1-4-37-21-14-13-20(16-22(21)36-3)26-24(27(33)25-18(2)30-23-12-8-9-15-31(23)25)28(34)29(35)32(26)17-19-10-6-5-7-11-19/h5-16,26,33H,4,17H2,1-3H3. The summed E-state index contributed by atoms with van der Waals surface area (Å²) in [6.07, 6.45) is 1.76. The van der Waals surface area contributed by atoms with E-state index in [1.807, 2.05) is 55.5 Å². The molecule has 3 heterocycles. The maximum absolute atomic E-state index is 13.5. The number of carbonyl (C=O) groups is 2. The minimum atomic E-state index is -0.849. The third kappa shape index (κ3) is 4.20. The molecule has 1 unspecified atom stereocenters. The molecule has 5 rings (SSSR count). The van der Waals surface area contributed by atoms with Gasteiger partial charge in [0.25, 0.3) is 11.7 Å². The molecule has 4 aromatic rings. The van der Waals surface area contributed by atoms with Crippen molar-refractivity contribution in [2.45, 2.75) is 26.4 Å². The number of nitrogens with zero attached hydrogens (tertiary/aromatic N) is 3. The fourth-order valence-electron chi connectivity index (χ4n) is 4.83. The van der Waals surface area contributed by atoms with E-state index in [1.54, 1.807) is 35.7 Å². The summed E-state index contributed by atoms with van der Waals surface area (Å²) in [5.41, 5.74) is 3.01. The predicted octanol–water partition coefficient (Wildman–Crippen LogP) is 4.67. The molecule has 1 atom stereocenters. The van der Waals surface area contributed by atoms with Crippen molar-refractivity contribution in [3.8, 4) is 11.5 Å². The number of aryl methyl sites for hydroxylation is 1. The second-order valence-electron chi connectivity index (χ2n) is 8.73. The van der Waals surface area contributed by atoms with Crippen molar-refractivity contribution in [3.05, 3.63) is 101 Å². The number of likely N-dealkylation sites (tertiary alicyclic amines) is 1. The molecule has 8 nitrogen and oxygen atoms in total. The number of aromatic nitrogens is 2. The van der Waals surface area contributed by atoms with Crippen molar-refractivity contribution < 1.29 is 24.2 Å². The molecular weight excluding hydrogens is 470 g/mol. The quantitative estimate of drug-likeness (QED) is 0.227. The number of methoxy groups -OCH3 is 1. The zero-order valence-electron chi connectivity index (χ0n) is 20.8. The normalized spacial score (nSPS) is 16.9. The third-order valence-electron chi connectivity index (χ3n) is 6.47. The zero-order valence-corrected chi connectivity index (χ0v) is 20.8. The average molecular weight is 498 g/mol. The Morgan fingerprint density at radius 1 is 1.03 bits per heavy atom. The van der Waals surface area contributed by atoms with Crippen LogP contribution in [0.3, 0.4) is 0 Å². The van der Waals surface area contributed by atoms with E-state index in [-0.39, 0.29) is 17.9 Å². The Labute approximate surface area is 214 Å². The maximum atomic E-state index is 13.5. The summed E-state index contributed by atoms with van der Waals surface area (Å²) in [6.45, 7) is 4.28. The fourth-order valence-corrected chi connectivity index (χ4v) is 4.83. The number of aliphatic hydroxyl groups is 1. The van der Waals surface area contributed by atoms with Gasteiger partial charge >= 0.3 is 0 Å². The maximum Gasteiger partial charge on any atom is 0.295 e. The van der Waals surface area contributed by atoms with Crippen LogP contribution in [0.2, 0.25) is 0 Å². The minimum Gasteiger partial charge on any atom is -0.505 e. The number of benzene rings is 2. The Morgan fingerprint density at radius 2 is 1.78 bits per heavy atom. The average Bonchev–Trinajstić information content (AvgIpc) is 3.37. The Hall–Kier alpha value is -4.59. The van der Waals surface area contributed by atoms with Crippen LogP contribution in [0.5, 0.6) is 11.5 Å². The number of aliphatic hydroxyl groups excluding tert-OH is 1. The van der Waals surface area contributed by atoms with Gasteiger partial charge in [-0.05, 0) is 49.2 Å². The predicted molar refractivity (Wildman–Crippen MR) is 138 cm³/mol. The van der Waals surface area contributed by atoms with E-state index in [4.69, 9.17) is 9.47 Å². The molecule has 1 saturated heterocycles. The summed E-state index contributed by atoms with van der Waals surface area (Å²) in [7, 11) is 1.53. The summed E-state index contributed by atoms with van der Waals surface area (Å²) in [4.78, 5) is 32.9. The van der Waals surface area contributed by atoms with Crippen LogP contribution >= 0.6 is 0 Å². The largest absolute Gasteiger partial charge is 0.505 e. The van der Waals surface area contributed by atoms with Crippen LogP contribution in [0, 0.1) is 6.92 Å². The highest BCUT2D eigenvalue weighted by Gasteiger charge is 2.46. The number of hydrogen-bond acceptors (Lipinski definition) is 6. The van der Waals surface area contributed by atoms with E-state index < -0.39 is 17.7 Å². The number of ketones is 1. The number of fused-ring (bicyclic) bond motifs is 1. The molecule has 188 valence electrons. The van der Waals surface area contributed by atoms with Crippen molar-refractivity contribution >= 4 is 23.1 Å². The first-order valence-electron chi connectivity index (χ1n) is 12.0. The van der Waals surface area contributed by atoms with Gasteiger partial charge in [0.15, 0.2) is 17.3 Å². The summed E-state index contributed by atoms with van der Waals surface area (Å²) in [5, 5.41) is 11.6. The lowest BCUT2D eigenvalue weighted by molar-refractivity contribution is -0.140. The van der Waals surface area contributed by atoms with E-state index >= 15 is 0 Å². The summed E-state index contributed by atoms with van der Waals surface area (Å²) >= 11 is 0. The van der Waals surface area contributed by atoms with E-state index in [0.717, 1.165) is 5.56 Å². The molecule has 1 amide bonds. The van der Waals surface area contributed by atoms with Crippen molar-refractivity contribution in [1.82, 2.24) is 14.3 Å². The lowest BCUT2D eigenvalue weighted by atomic mass is 9.95. The molecule has 1 fully saturated rings. The second-order valence-corrected chi connectivity index (χ2v) is 8.73. The Kier molecular flexibility index (Phi) is 6.40. The van der Waals surface area contributed by atoms with Gasteiger partial charge in [-0.3, -0.25) is 14.0 Å². The molecule has 0 aliphatic carbocycles. The lowest BCUT2D eigenvalue weighted by Crippen LogP contribution is -2.29. The van der Waals surface area contributed by atoms with Crippen molar-refractivity contribution in [1.29, 1.82) is 0 Å². The number of carbonyl (C=O) groups excluding carboxylic acids is 2. The summed E-state index contributed by atoms with van der Waals surface area (Å²) in [6, 6.07) is 19.3. The molecule has 1 aliphatic rings. The molecule has 2 aromatic heterocycles. The molecule has 1 aliphatic heterocycles. The van der Waals surface area contributed by atoms with Crippen LogP contribution in [0.25, 0.3) is 11.4 Å². The van der Waals surface area contributed by atoms with E-state index in [2.05, 4.69) is 4.98 Å². The fraction of sp³-hybridized carbons (Fsp3) is 0.207. The van der Waals surface area contributed by atoms with Crippen LogP contribution in [0.1, 0.15) is 35.5 Å². The number of rotatable bonds is 7. The van der Waals surface area contributed by atoms with Crippen LogP contribution in [0.4, 0.5) is 0 Å². The molecule has 37 heavy (non-hydrogen) atoms. The molecular formula is C29H27N3O5. The van der Waals surface area contributed by atoms with Crippen LogP contribution in [-0.4, -0.2) is 44.8 Å². The van der Waals surface area contributed by atoms with Crippen molar-refractivity contribution in [3.63, 3.8) is 0 Å². The van der Waals surface area contributed by atoms with E-state index in [9.17, 15) is 14.7 Å². The Bertz CT molecular complexity index is 1520. The van der Waals surface area contributed by atoms with Crippen molar-refractivity contribution in [2.75, 3.05) is 13.7 Å². The molecule has 2 aromatic carbocycles. The third-order valence-corrected chi connectivity index (χ3v) is 6.47. The number of hydrogen-bond donors (Lipinski definition) is 1. The van der Waals surface area contributed by atoms with Gasteiger partial charge in [-0.1, -0.05) is 42.5 Å². The molecule has 8 heteroatoms. The number of Topliss-reactive ketones (excluding diaryl/α,β-unsaturated/α-hetero) is 1. The van der Waals surface area contributed by atoms with E-state index in [0.29, 0.717) is 40.7 Å². The second kappa shape index (κ2) is 9.81. The molecule has 1 N–H and O–H groups in total. The molecule has 0 radical (unpaired) electrons. The SMILES string of the molecule is CCOc1ccc(C2C(=C(O)c3c(C)nc4ccccn34)C(=O)C(=O)N2Cc2ccccc2)cc1OC. The monoisotopic (exact) mass is 497 g/mol. The van der Waals surface area contributed by atoms with Gasteiger partial charge in [0.05, 0.1) is 31.0 Å². The number of imidazole rings is 1. The summed E-state index contributed by atoms with van der Waals surface area (Å²) in [5.74, 6) is -0.698. The van der Waals surface area contributed by atoms with Crippen LogP contribution in [-0.2, 0) is 16.1 Å². The topological polar surface area (TPSA) is 93.4 Å². The molecule has 0 bridgehead atoms. The lowest BCUT2D eigenvalue weighted by Gasteiger charge is -2.26. The van der Waals surface area contributed by atoms with Gasteiger partial charge in [-0.2, -0.15) is 0 Å². The first-order valence-corrected chi connectivity index (χ1v) is 12.0. The highest BCUT2D eigenvalue weighted by atomic mass is 16.5. The van der Waals surface area contributed by atoms with Gasteiger partial charge in [0, 0.05) is 12.7 Å². The van der Waals surface area contributed by atoms with Gasteiger partial charge < -0.3 is 19.5 Å². The van der Waals surface area contributed by atoms with Gasteiger partial charge in [-0.25, -0.2) is 4.98 Å². The van der Waals surface area contributed by atoms with Crippen molar-refractivity contribution in [2.24, 2.45) is 0 Å². The first kappa shape index (κ1) is 24.1. The zero-order chi connectivity index (χ0) is 26.1. The summed E-state index contributed by atoms with van der Waals surface area (Å²) < 4.78 is 12.9. The Balaban J connectivity index is 1.72. The Morgan fingerprint density at radius 3 is 2.51 bits per heavy atom. The van der Waals surface area contributed by atoms with Crippen LogP contribution < -0.4 is 9.47 Å². The first-order chi connectivity index (χ1) is 17.9. The number of ether oxygens (including phenoxy) is 2. The van der Waals surface area contributed by atoms with Gasteiger partial charge in [0.2, 0.25) is 0 Å². The van der Waals surface area contributed by atoms with Gasteiger partial charge in [0.1, 0.15) is 11.3 Å². The van der Waals surface area contributed by atoms with Crippen LogP contribution in [0.15, 0.2) is 78.5 Å². The minimum absolute atomic E-state index is 0.000831.